The van der Waals surface area contributed by atoms with Crippen LogP contribution in [0.4, 0.5) is 16.5 Å². The lowest BCUT2D eigenvalue weighted by Gasteiger charge is -2.35. The van der Waals surface area contributed by atoms with Crippen molar-refractivity contribution >= 4 is 39.9 Å². The van der Waals surface area contributed by atoms with Crippen LogP contribution in [0.3, 0.4) is 0 Å². The molecule has 0 fully saturated rings. The number of aliphatic imine (C=N–C) groups is 1. The number of hydrazone groups is 1. The van der Waals surface area contributed by atoms with Gasteiger partial charge in [0.05, 0.1) is 17.6 Å². The van der Waals surface area contributed by atoms with Crippen molar-refractivity contribution in [2.24, 2.45) is 10.1 Å². The molecule has 1 aliphatic heterocycles. The molecule has 0 radical (unpaired) electrons. The van der Waals surface area contributed by atoms with Crippen LogP contribution in [0.1, 0.15) is 28.6 Å². The van der Waals surface area contributed by atoms with Crippen LogP contribution in [0.2, 0.25) is 0 Å². The fourth-order valence-electron chi connectivity index (χ4n) is 3.81. The van der Waals surface area contributed by atoms with Crippen molar-refractivity contribution in [3.63, 3.8) is 0 Å². The lowest BCUT2D eigenvalue weighted by Crippen LogP contribution is -2.38. The van der Waals surface area contributed by atoms with Gasteiger partial charge in [0.25, 0.3) is 0 Å². The van der Waals surface area contributed by atoms with E-state index in [0.717, 1.165) is 44.7 Å². The Bertz CT molecular complexity index is 1320. The average molecular weight is 467 g/mol. The monoisotopic (exact) mass is 466 g/mol. The van der Waals surface area contributed by atoms with Crippen molar-refractivity contribution in [3.05, 3.63) is 107 Å². The van der Waals surface area contributed by atoms with Crippen LogP contribution in [0, 0.1) is 6.92 Å². The number of aryl methyl sites for hydroxylation is 1. The number of nitrogens with zero attached hydrogens (tertiary/aromatic N) is 5. The van der Waals surface area contributed by atoms with Crippen molar-refractivity contribution in [2.45, 2.75) is 13.1 Å². The molecular weight excluding hydrogens is 440 g/mol. The molecule has 1 unspecified atom stereocenters. The van der Waals surface area contributed by atoms with Crippen LogP contribution in [-0.4, -0.2) is 36.1 Å². The van der Waals surface area contributed by atoms with Gasteiger partial charge in [-0.2, -0.15) is 5.10 Å². The summed E-state index contributed by atoms with van der Waals surface area (Å²) in [6, 6.07) is 26.7. The fraction of sp³-hybridized carbons (Fsp3) is 0.148. The summed E-state index contributed by atoms with van der Waals surface area (Å²) in [5, 5.41) is 13.4. The molecule has 1 aliphatic rings. The number of nitrogens with one attached hydrogen (secondary N) is 1. The number of benzene rings is 3. The van der Waals surface area contributed by atoms with Gasteiger partial charge in [0, 0.05) is 36.3 Å². The summed E-state index contributed by atoms with van der Waals surface area (Å²) in [6.07, 6.45) is 1.62. The van der Waals surface area contributed by atoms with Gasteiger partial charge in [0.1, 0.15) is 0 Å². The van der Waals surface area contributed by atoms with Crippen LogP contribution < -0.4 is 10.2 Å². The van der Waals surface area contributed by atoms with Crippen molar-refractivity contribution in [1.29, 1.82) is 0 Å². The molecule has 3 aromatic carbocycles. The largest absolute Gasteiger partial charge is 0.378 e. The zero-order chi connectivity index (χ0) is 23.5. The number of rotatable bonds is 6. The number of thiazole rings is 1. The highest BCUT2D eigenvalue weighted by Gasteiger charge is 2.31. The van der Waals surface area contributed by atoms with E-state index in [2.05, 4.69) is 57.7 Å². The van der Waals surface area contributed by atoms with Crippen LogP contribution in [-0.2, 0) is 0 Å². The Morgan fingerprint density at radius 2 is 1.71 bits per heavy atom. The van der Waals surface area contributed by atoms with Crippen LogP contribution in [0.5, 0.6) is 0 Å². The van der Waals surface area contributed by atoms with Gasteiger partial charge in [0.2, 0.25) is 0 Å². The van der Waals surface area contributed by atoms with Gasteiger partial charge in [-0.05, 0) is 30.7 Å². The molecule has 1 aromatic heterocycles. The zero-order valence-electron chi connectivity index (χ0n) is 19.4. The molecule has 0 saturated carbocycles. The van der Waals surface area contributed by atoms with E-state index in [-0.39, 0.29) is 6.17 Å². The van der Waals surface area contributed by atoms with Crippen molar-refractivity contribution < 1.29 is 0 Å². The third-order valence-corrected chi connectivity index (χ3v) is 6.46. The molecule has 0 bridgehead atoms. The number of aromatic nitrogens is 1. The van der Waals surface area contributed by atoms with Crippen molar-refractivity contribution in [1.82, 2.24) is 9.99 Å². The molecule has 1 N–H and O–H groups in total. The second-order valence-electron chi connectivity index (χ2n) is 8.28. The Labute approximate surface area is 203 Å². The topological polar surface area (TPSA) is 56.1 Å². The summed E-state index contributed by atoms with van der Waals surface area (Å²) in [7, 11) is 4.07. The summed E-state index contributed by atoms with van der Waals surface area (Å²) < 4.78 is 0. The van der Waals surface area contributed by atoms with E-state index < -0.39 is 0 Å². The number of anilines is 2. The van der Waals surface area contributed by atoms with E-state index in [1.165, 1.54) is 0 Å². The van der Waals surface area contributed by atoms with Crippen LogP contribution in [0.25, 0.3) is 0 Å². The van der Waals surface area contributed by atoms with E-state index in [1.807, 2.05) is 74.0 Å². The Hall–Kier alpha value is -3.97. The van der Waals surface area contributed by atoms with Gasteiger partial charge in [-0.1, -0.05) is 60.7 Å². The first kappa shape index (κ1) is 21.9. The lowest BCUT2D eigenvalue weighted by atomic mass is 10.1. The Morgan fingerprint density at radius 3 is 2.41 bits per heavy atom. The highest BCUT2D eigenvalue weighted by atomic mass is 32.1. The number of amidine groups is 1. The predicted octanol–water partition coefficient (Wildman–Crippen LogP) is 6.06. The van der Waals surface area contributed by atoms with Crippen molar-refractivity contribution in [3.8, 4) is 0 Å². The maximum absolute atomic E-state index is 5.01. The summed E-state index contributed by atoms with van der Waals surface area (Å²) in [6.45, 7) is 2.00. The Kier molecular flexibility index (Phi) is 6.10. The first-order chi connectivity index (χ1) is 16.6. The third kappa shape index (κ3) is 4.56. The smallest absolute Gasteiger partial charge is 0.184 e. The zero-order valence-corrected chi connectivity index (χ0v) is 20.2. The molecule has 0 aliphatic carbocycles. The second-order valence-corrected chi connectivity index (χ2v) is 9.13. The molecule has 4 aromatic rings. The van der Waals surface area contributed by atoms with Crippen LogP contribution in [0.15, 0.2) is 94.3 Å². The van der Waals surface area contributed by atoms with Gasteiger partial charge in [-0.3, -0.25) is 0 Å². The fourth-order valence-corrected chi connectivity index (χ4v) is 4.52. The molecule has 6 nitrogen and oxygen atoms in total. The van der Waals surface area contributed by atoms with E-state index in [1.54, 1.807) is 11.3 Å². The average Bonchev–Trinajstić information content (AvgIpc) is 3.28. The Balaban J connectivity index is 1.58. The van der Waals surface area contributed by atoms with Gasteiger partial charge < -0.3 is 10.2 Å². The molecule has 1 atom stereocenters. The minimum absolute atomic E-state index is 0.258. The van der Waals surface area contributed by atoms with Gasteiger partial charge in [0.15, 0.2) is 17.1 Å². The minimum Gasteiger partial charge on any atom is -0.378 e. The van der Waals surface area contributed by atoms with E-state index in [9.17, 15) is 0 Å². The quantitative estimate of drug-likeness (QED) is 0.351. The number of hydrogen-bond donors (Lipinski definition) is 1. The number of fused-ring (bicyclic) bond motifs is 1. The predicted molar refractivity (Wildman–Crippen MR) is 142 cm³/mol. The Morgan fingerprint density at radius 1 is 0.971 bits per heavy atom. The number of para-hydroxylation sites is 1. The first-order valence-electron chi connectivity index (χ1n) is 11.1. The molecule has 170 valence electrons. The van der Waals surface area contributed by atoms with E-state index >= 15 is 0 Å². The molecule has 2 heterocycles. The minimum atomic E-state index is -0.258. The molecule has 0 amide bonds. The molecule has 5 rings (SSSR count). The van der Waals surface area contributed by atoms with Gasteiger partial charge in [-0.15, -0.1) is 11.3 Å². The first-order valence-corrected chi connectivity index (χ1v) is 12.0. The molecule has 0 spiro atoms. The summed E-state index contributed by atoms with van der Waals surface area (Å²) >= 11 is 1.59. The van der Waals surface area contributed by atoms with Gasteiger partial charge >= 0.3 is 0 Å². The van der Waals surface area contributed by atoms with Crippen LogP contribution >= 0.6 is 11.3 Å². The molecule has 34 heavy (non-hydrogen) atoms. The lowest BCUT2D eigenvalue weighted by molar-refractivity contribution is 0.360. The molecule has 0 saturated heterocycles. The van der Waals surface area contributed by atoms with E-state index in [0.29, 0.717) is 0 Å². The summed E-state index contributed by atoms with van der Waals surface area (Å²) in [5.41, 5.74) is 6.13. The third-order valence-electron chi connectivity index (χ3n) is 5.57. The normalized spacial score (nSPS) is 15.2. The summed E-state index contributed by atoms with van der Waals surface area (Å²) in [5.74, 6) is 0.784. The molecular formula is C27H26N6S. The maximum atomic E-state index is 5.01. The van der Waals surface area contributed by atoms with E-state index in [4.69, 9.17) is 10.1 Å². The highest BCUT2D eigenvalue weighted by Crippen LogP contribution is 2.37. The molecule has 7 heteroatoms. The highest BCUT2D eigenvalue weighted by molar-refractivity contribution is 7.13. The SMILES string of the molecule is Cc1csc(NC2c3ccccc3N=C(c3ccccc3)N2/N=C/c2ccc(N(C)C)cc2)n1. The summed E-state index contributed by atoms with van der Waals surface area (Å²) in [4.78, 5) is 11.7. The standard InChI is InChI=1S/C27H26N6S/c1-19-18-34-27(29-19)31-26-23-11-7-8-12-24(23)30-25(21-9-5-4-6-10-21)33(26)28-17-20-13-15-22(16-14-20)32(2)3/h4-18,26H,1-3H3,(H,29,31)/b28-17+. The number of hydrogen-bond acceptors (Lipinski definition) is 7. The van der Waals surface area contributed by atoms with Gasteiger partial charge in [-0.25, -0.2) is 15.0 Å². The maximum Gasteiger partial charge on any atom is 0.184 e. The second kappa shape index (κ2) is 9.49. The van der Waals surface area contributed by atoms with Crippen molar-refractivity contribution in [2.75, 3.05) is 24.3 Å².